The zero-order valence-corrected chi connectivity index (χ0v) is 22.6. The molecule has 0 radical (unpaired) electrons. The van der Waals surface area contributed by atoms with Crippen LogP contribution in [0.15, 0.2) is 78.3 Å². The number of rotatable bonds is 9. The summed E-state index contributed by atoms with van der Waals surface area (Å²) >= 11 is 0. The molecule has 2 aromatic heterocycles. The molecule has 1 amide bonds. The number of hydrogen-bond donors (Lipinski definition) is 2. The highest BCUT2D eigenvalue weighted by Crippen LogP contribution is 2.30. The number of carbonyl (C=O) groups excluding carboxylic acids is 2. The molecule has 0 unspecified atom stereocenters. The summed E-state index contributed by atoms with van der Waals surface area (Å²) in [6.45, 7) is 6.82. The summed E-state index contributed by atoms with van der Waals surface area (Å²) in [5.74, 6) is 2.10. The van der Waals surface area contributed by atoms with Crippen molar-refractivity contribution in [3.63, 3.8) is 0 Å². The molecule has 3 aromatic rings. The first-order valence-corrected chi connectivity index (χ1v) is 13.0. The summed E-state index contributed by atoms with van der Waals surface area (Å²) in [6, 6.07) is 11.1. The normalized spacial score (nSPS) is 14.5. The van der Waals surface area contributed by atoms with Crippen LogP contribution >= 0.6 is 0 Å². The summed E-state index contributed by atoms with van der Waals surface area (Å²) in [5, 5.41) is 5.86. The third kappa shape index (κ3) is 6.83. The van der Waals surface area contributed by atoms with E-state index in [4.69, 9.17) is 9.47 Å². The van der Waals surface area contributed by atoms with Gasteiger partial charge in [0.15, 0.2) is 6.29 Å². The molecule has 0 spiro atoms. The van der Waals surface area contributed by atoms with Gasteiger partial charge in [-0.2, -0.15) is 0 Å². The molecule has 5 rings (SSSR count). The first-order chi connectivity index (χ1) is 19.5. The lowest BCUT2D eigenvalue weighted by Crippen LogP contribution is -2.26. The number of aromatic nitrogens is 3. The third-order valence-corrected chi connectivity index (χ3v) is 6.34. The van der Waals surface area contributed by atoms with Crippen molar-refractivity contribution in [2.45, 2.75) is 32.9 Å². The first kappa shape index (κ1) is 28.3. The Kier molecular flexibility index (Phi) is 9.48. The van der Waals surface area contributed by atoms with Gasteiger partial charge in [0.2, 0.25) is 5.91 Å². The maximum atomic E-state index is 12.3. The molecule has 1 aliphatic heterocycles. The molecule has 10 heteroatoms. The predicted octanol–water partition coefficient (Wildman–Crippen LogP) is 4.86. The quantitative estimate of drug-likeness (QED) is 0.292. The van der Waals surface area contributed by atoms with Crippen molar-refractivity contribution in [3.8, 4) is 11.5 Å². The highest BCUT2D eigenvalue weighted by atomic mass is 16.5. The first-order valence-electron chi connectivity index (χ1n) is 13.0. The van der Waals surface area contributed by atoms with Crippen LogP contribution in [0.1, 0.15) is 35.8 Å². The van der Waals surface area contributed by atoms with E-state index in [1.807, 2.05) is 44.3 Å². The Balaban J connectivity index is 0.000000186. The van der Waals surface area contributed by atoms with Gasteiger partial charge in [0, 0.05) is 30.9 Å². The second-order valence-corrected chi connectivity index (χ2v) is 9.10. The zero-order chi connectivity index (χ0) is 28.5. The highest BCUT2D eigenvalue weighted by molar-refractivity contribution is 5.93. The van der Waals surface area contributed by atoms with E-state index in [0.29, 0.717) is 49.0 Å². The second kappa shape index (κ2) is 13.4. The summed E-state index contributed by atoms with van der Waals surface area (Å²) in [5.41, 5.74) is 2.23. The van der Waals surface area contributed by atoms with Gasteiger partial charge in [-0.3, -0.25) is 19.1 Å². The number of benzene rings is 1. The number of nitrogens with one attached hydrogen (secondary N) is 2. The van der Waals surface area contributed by atoms with Crippen LogP contribution in [0.25, 0.3) is 5.70 Å². The van der Waals surface area contributed by atoms with Crippen molar-refractivity contribution >= 4 is 29.4 Å². The van der Waals surface area contributed by atoms with Crippen LogP contribution in [-0.4, -0.2) is 40.2 Å². The fourth-order valence-electron chi connectivity index (χ4n) is 4.09. The van der Waals surface area contributed by atoms with E-state index in [1.54, 1.807) is 41.2 Å². The molecule has 40 heavy (non-hydrogen) atoms. The second-order valence-electron chi connectivity index (χ2n) is 9.10. The highest BCUT2D eigenvalue weighted by Gasteiger charge is 2.29. The molecule has 2 N–H and O–H groups in total. The predicted molar refractivity (Wildman–Crippen MR) is 155 cm³/mol. The van der Waals surface area contributed by atoms with Crippen molar-refractivity contribution in [1.82, 2.24) is 14.3 Å². The van der Waals surface area contributed by atoms with Gasteiger partial charge in [-0.15, -0.1) is 0 Å². The number of nitrogens with zero attached hydrogens (tertiary/aromatic N) is 3. The average Bonchev–Trinajstić information content (AvgIpc) is 3.79. The Bertz CT molecular complexity index is 1480. The summed E-state index contributed by atoms with van der Waals surface area (Å²) < 4.78 is 14.4. The molecule has 2 aliphatic rings. The van der Waals surface area contributed by atoms with Crippen LogP contribution in [0.3, 0.4) is 0 Å². The third-order valence-electron chi connectivity index (χ3n) is 6.34. The van der Waals surface area contributed by atoms with Crippen LogP contribution in [-0.2, 0) is 22.7 Å². The SMILES string of the molecule is C=C/C=C\C(=C/C)n1c(=O)c(C=O)c2n1CCOC2.CNc1ccc(Oc2ccnc(NC(=O)C3CC3)c2)cc1. The molecular weight excluding hydrogens is 510 g/mol. The van der Waals surface area contributed by atoms with E-state index in [9.17, 15) is 14.4 Å². The van der Waals surface area contributed by atoms with Crippen molar-refractivity contribution in [1.29, 1.82) is 0 Å². The molecule has 1 saturated carbocycles. The zero-order valence-electron chi connectivity index (χ0n) is 22.6. The number of ether oxygens (including phenoxy) is 2. The number of fused-ring (bicyclic) bond motifs is 1. The number of aldehydes is 1. The number of hydrogen-bond acceptors (Lipinski definition) is 7. The van der Waals surface area contributed by atoms with Gasteiger partial charge < -0.3 is 20.1 Å². The van der Waals surface area contributed by atoms with Gasteiger partial charge in [0.1, 0.15) is 22.9 Å². The van der Waals surface area contributed by atoms with Crippen molar-refractivity contribution in [3.05, 3.63) is 95.1 Å². The Morgan fingerprint density at radius 3 is 2.62 bits per heavy atom. The van der Waals surface area contributed by atoms with E-state index in [-0.39, 0.29) is 22.9 Å². The number of amides is 1. The molecule has 3 heterocycles. The Morgan fingerprint density at radius 1 is 1.20 bits per heavy atom. The number of carbonyl (C=O) groups is 2. The average molecular weight is 544 g/mol. The fourth-order valence-corrected chi connectivity index (χ4v) is 4.09. The summed E-state index contributed by atoms with van der Waals surface area (Å²) in [7, 11) is 1.87. The standard InChI is InChI=1S/C16H17N3O2.C14H16N2O3/c1-17-12-4-6-13(7-5-12)21-14-8-9-18-15(10-14)19-16(20)11-2-3-11;1-3-5-6-11(4-2)16-14(18)12(9-17)13-10-19-8-7-15(13)16/h4-11,17H,2-3H2,1H3,(H,18,19,20);3-6,9H,1,7-8,10H2,2H3/b;6-5-,11-4+. The van der Waals surface area contributed by atoms with Crippen molar-refractivity contribution < 1.29 is 19.1 Å². The van der Waals surface area contributed by atoms with E-state index >= 15 is 0 Å². The Hall–Kier alpha value is -4.70. The van der Waals surface area contributed by atoms with E-state index in [2.05, 4.69) is 22.2 Å². The molecule has 1 fully saturated rings. The summed E-state index contributed by atoms with van der Waals surface area (Å²) in [4.78, 5) is 39.3. The van der Waals surface area contributed by atoms with Crippen LogP contribution in [0.5, 0.6) is 11.5 Å². The van der Waals surface area contributed by atoms with Crippen LogP contribution < -0.4 is 20.9 Å². The molecular formula is C30H33N5O5. The van der Waals surface area contributed by atoms with Gasteiger partial charge in [-0.1, -0.05) is 24.8 Å². The van der Waals surface area contributed by atoms with E-state index < -0.39 is 0 Å². The van der Waals surface area contributed by atoms with Crippen LogP contribution in [0.2, 0.25) is 0 Å². The van der Waals surface area contributed by atoms with Gasteiger partial charge in [0.25, 0.3) is 5.56 Å². The van der Waals surface area contributed by atoms with Gasteiger partial charge >= 0.3 is 0 Å². The van der Waals surface area contributed by atoms with Gasteiger partial charge in [-0.25, -0.2) is 9.67 Å². The molecule has 0 saturated heterocycles. The minimum Gasteiger partial charge on any atom is -0.457 e. The maximum Gasteiger partial charge on any atom is 0.282 e. The smallest absolute Gasteiger partial charge is 0.282 e. The number of anilines is 2. The lowest BCUT2D eigenvalue weighted by atomic mass is 10.2. The lowest BCUT2D eigenvalue weighted by Gasteiger charge is -2.19. The molecule has 0 bridgehead atoms. The topological polar surface area (TPSA) is 116 Å². The van der Waals surface area contributed by atoms with Gasteiger partial charge in [-0.05, 0) is 56.2 Å². The molecule has 0 atom stereocenters. The molecule has 1 aromatic carbocycles. The molecule has 10 nitrogen and oxygen atoms in total. The number of allylic oxidation sites excluding steroid dienone is 5. The van der Waals surface area contributed by atoms with Crippen molar-refractivity contribution in [2.24, 2.45) is 5.92 Å². The largest absolute Gasteiger partial charge is 0.457 e. The van der Waals surface area contributed by atoms with Crippen LogP contribution in [0, 0.1) is 5.92 Å². The monoisotopic (exact) mass is 543 g/mol. The van der Waals surface area contributed by atoms with E-state index in [0.717, 1.165) is 24.3 Å². The van der Waals surface area contributed by atoms with Gasteiger partial charge in [0.05, 0.1) is 31.1 Å². The minimum atomic E-state index is -0.308. The minimum absolute atomic E-state index is 0.0398. The summed E-state index contributed by atoms with van der Waals surface area (Å²) in [6.07, 6.45) is 11.2. The Labute approximate surface area is 232 Å². The maximum absolute atomic E-state index is 12.3. The molecule has 1 aliphatic carbocycles. The van der Waals surface area contributed by atoms with E-state index in [1.165, 1.54) is 4.68 Å². The van der Waals surface area contributed by atoms with Crippen LogP contribution in [0.4, 0.5) is 11.5 Å². The Morgan fingerprint density at radius 2 is 1.98 bits per heavy atom. The lowest BCUT2D eigenvalue weighted by molar-refractivity contribution is -0.117. The fraction of sp³-hybridized carbons (Fsp3) is 0.267. The number of pyridine rings is 1. The van der Waals surface area contributed by atoms with Crippen molar-refractivity contribution in [2.75, 3.05) is 24.3 Å². The molecule has 208 valence electrons.